The maximum Gasteiger partial charge on any atom is 0.261 e. The van der Waals surface area contributed by atoms with Crippen molar-refractivity contribution >= 4 is 27.5 Å². The van der Waals surface area contributed by atoms with Gasteiger partial charge in [0.25, 0.3) is 5.91 Å². The van der Waals surface area contributed by atoms with Crippen molar-refractivity contribution in [2.45, 2.75) is 39.0 Å². The Morgan fingerprint density at radius 2 is 1.91 bits per heavy atom. The number of methoxy groups -OCH3 is 3. The van der Waals surface area contributed by atoms with E-state index >= 15 is 0 Å². The molecule has 1 aromatic carbocycles. The summed E-state index contributed by atoms with van der Waals surface area (Å²) in [7, 11) is 4.88. The largest absolute Gasteiger partial charge is 0.496 e. The molecule has 2 aromatic heterocycles. The summed E-state index contributed by atoms with van der Waals surface area (Å²) in [6, 6.07) is 8.27. The van der Waals surface area contributed by atoms with Gasteiger partial charge >= 0.3 is 0 Å². The van der Waals surface area contributed by atoms with E-state index in [1.54, 1.807) is 21.3 Å². The quantitative estimate of drug-likeness (QED) is 0.539. The predicted octanol–water partition coefficient (Wildman–Crippen LogP) is 3.56. The van der Waals surface area contributed by atoms with Crippen LogP contribution in [0.15, 0.2) is 24.3 Å². The number of aryl methyl sites for hydroxylation is 1. The molecule has 8 nitrogen and oxygen atoms in total. The molecule has 3 aromatic rings. The summed E-state index contributed by atoms with van der Waals surface area (Å²) < 4.78 is 16.1. The van der Waals surface area contributed by atoms with Gasteiger partial charge in [0.15, 0.2) is 5.82 Å². The highest BCUT2D eigenvalue weighted by molar-refractivity contribution is 7.20. The fraction of sp³-hybridized carbons (Fsp3) is 0.458. The highest BCUT2D eigenvalue weighted by Gasteiger charge is 2.25. The van der Waals surface area contributed by atoms with Crippen molar-refractivity contribution in [3.8, 4) is 11.6 Å². The number of carbonyl (C=O) groups is 1. The normalized spacial score (nSPS) is 15.0. The minimum absolute atomic E-state index is 0.0611. The van der Waals surface area contributed by atoms with Crippen molar-refractivity contribution in [1.29, 1.82) is 0 Å². The van der Waals surface area contributed by atoms with Crippen molar-refractivity contribution in [3.05, 3.63) is 46.1 Å². The van der Waals surface area contributed by atoms with Gasteiger partial charge in [-0.25, -0.2) is 4.98 Å². The first-order valence-electron chi connectivity index (χ1n) is 11.0. The third-order valence-electron chi connectivity index (χ3n) is 5.99. The topological polar surface area (TPSA) is 85.8 Å². The fourth-order valence-corrected chi connectivity index (χ4v) is 5.36. The minimum Gasteiger partial charge on any atom is -0.496 e. The van der Waals surface area contributed by atoms with Crippen LogP contribution in [0, 0.1) is 6.92 Å². The lowest BCUT2D eigenvalue weighted by Crippen LogP contribution is -2.44. The van der Waals surface area contributed by atoms with Gasteiger partial charge in [0.2, 0.25) is 5.88 Å². The van der Waals surface area contributed by atoms with E-state index in [1.165, 1.54) is 16.9 Å². The number of piperidine rings is 1. The summed E-state index contributed by atoms with van der Waals surface area (Å²) in [5, 5.41) is 4.02. The van der Waals surface area contributed by atoms with Crippen LogP contribution in [0.4, 0.5) is 0 Å². The molecule has 0 atom stereocenters. The van der Waals surface area contributed by atoms with Gasteiger partial charge in [-0.3, -0.25) is 9.69 Å². The van der Waals surface area contributed by atoms with E-state index in [0.717, 1.165) is 54.0 Å². The van der Waals surface area contributed by atoms with Crippen molar-refractivity contribution in [3.63, 3.8) is 0 Å². The number of benzene rings is 1. The standard InChI is InChI=1S/C24H30N4O4S/c1-15-20-23(32-4)26-19(14-30-2)27-24(20)33-21(15)22(29)25-17-9-11-28(12-10-17)13-16-7-5-6-8-18(16)31-3/h5-8,17H,9-14H2,1-4H3,(H,25,29). The molecule has 0 radical (unpaired) electrons. The number of likely N-dealkylation sites (tertiary alicyclic amines) is 1. The van der Waals surface area contributed by atoms with Gasteiger partial charge in [0, 0.05) is 38.3 Å². The van der Waals surface area contributed by atoms with Crippen LogP contribution >= 0.6 is 11.3 Å². The second-order valence-corrected chi connectivity index (χ2v) is 9.15. The average molecular weight is 471 g/mol. The third kappa shape index (κ3) is 5.10. The zero-order valence-electron chi connectivity index (χ0n) is 19.5. The number of nitrogens with zero attached hydrogens (tertiary/aromatic N) is 3. The number of carbonyl (C=O) groups excluding carboxylic acids is 1. The van der Waals surface area contributed by atoms with Crippen LogP contribution in [-0.2, 0) is 17.9 Å². The van der Waals surface area contributed by atoms with Crippen LogP contribution in [0.5, 0.6) is 11.6 Å². The Bertz CT molecular complexity index is 1130. The Hall–Kier alpha value is -2.75. The number of nitrogens with one attached hydrogen (secondary N) is 1. The smallest absolute Gasteiger partial charge is 0.261 e. The molecule has 1 aliphatic heterocycles. The van der Waals surface area contributed by atoms with Gasteiger partial charge in [0.05, 0.1) is 24.5 Å². The second-order valence-electron chi connectivity index (χ2n) is 8.15. The summed E-state index contributed by atoms with van der Waals surface area (Å²) in [6.07, 6.45) is 1.82. The predicted molar refractivity (Wildman–Crippen MR) is 128 cm³/mol. The van der Waals surface area contributed by atoms with Gasteiger partial charge in [0.1, 0.15) is 17.2 Å². The van der Waals surface area contributed by atoms with Crippen LogP contribution in [0.25, 0.3) is 10.2 Å². The number of amides is 1. The molecule has 1 saturated heterocycles. The Morgan fingerprint density at radius 3 is 2.61 bits per heavy atom. The lowest BCUT2D eigenvalue weighted by Gasteiger charge is -2.32. The van der Waals surface area contributed by atoms with Gasteiger partial charge in [-0.2, -0.15) is 4.98 Å². The molecule has 0 spiro atoms. The first kappa shape index (κ1) is 23.4. The Kier molecular flexibility index (Phi) is 7.42. The van der Waals surface area contributed by atoms with E-state index in [9.17, 15) is 4.79 Å². The van der Waals surface area contributed by atoms with E-state index in [1.807, 2.05) is 25.1 Å². The summed E-state index contributed by atoms with van der Waals surface area (Å²) >= 11 is 1.37. The molecule has 1 N–H and O–H groups in total. The number of thiophene rings is 1. The second kappa shape index (κ2) is 10.5. The fourth-order valence-electron chi connectivity index (χ4n) is 4.26. The molecular formula is C24H30N4O4S. The van der Waals surface area contributed by atoms with E-state index in [2.05, 4.69) is 26.3 Å². The molecule has 33 heavy (non-hydrogen) atoms. The van der Waals surface area contributed by atoms with E-state index in [-0.39, 0.29) is 18.6 Å². The minimum atomic E-state index is -0.0611. The van der Waals surface area contributed by atoms with Gasteiger partial charge in [-0.15, -0.1) is 11.3 Å². The first-order chi connectivity index (χ1) is 16.0. The van der Waals surface area contributed by atoms with E-state index in [0.29, 0.717) is 16.6 Å². The van der Waals surface area contributed by atoms with Crippen molar-refractivity contribution in [2.24, 2.45) is 0 Å². The average Bonchev–Trinajstić information content (AvgIpc) is 3.17. The van der Waals surface area contributed by atoms with E-state index in [4.69, 9.17) is 14.2 Å². The Labute approximate surface area is 197 Å². The molecular weight excluding hydrogens is 440 g/mol. The molecule has 0 aliphatic carbocycles. The number of rotatable bonds is 8. The third-order valence-corrected chi connectivity index (χ3v) is 7.17. The molecule has 1 amide bonds. The highest BCUT2D eigenvalue weighted by atomic mass is 32.1. The number of fused-ring (bicyclic) bond motifs is 1. The molecule has 0 saturated carbocycles. The Morgan fingerprint density at radius 1 is 1.15 bits per heavy atom. The molecule has 0 bridgehead atoms. The molecule has 9 heteroatoms. The summed E-state index contributed by atoms with van der Waals surface area (Å²) in [4.78, 5) is 25.9. The zero-order chi connectivity index (χ0) is 23.4. The van der Waals surface area contributed by atoms with Gasteiger partial charge in [-0.05, 0) is 31.4 Å². The number of para-hydroxylation sites is 1. The Balaban J connectivity index is 1.41. The van der Waals surface area contributed by atoms with Crippen LogP contribution in [-0.4, -0.2) is 61.2 Å². The van der Waals surface area contributed by atoms with Crippen molar-refractivity contribution in [1.82, 2.24) is 20.2 Å². The van der Waals surface area contributed by atoms with Crippen LogP contribution in [0.3, 0.4) is 0 Å². The maximum absolute atomic E-state index is 13.1. The number of aromatic nitrogens is 2. The first-order valence-corrected chi connectivity index (χ1v) is 11.8. The number of hydrogen-bond acceptors (Lipinski definition) is 8. The molecule has 0 unspecified atom stereocenters. The van der Waals surface area contributed by atoms with Crippen LogP contribution in [0.1, 0.15) is 39.5 Å². The molecule has 3 heterocycles. The zero-order valence-corrected chi connectivity index (χ0v) is 20.3. The van der Waals surface area contributed by atoms with Gasteiger partial charge in [-0.1, -0.05) is 18.2 Å². The summed E-state index contributed by atoms with van der Waals surface area (Å²) in [5.74, 6) is 1.87. The molecule has 1 aliphatic rings. The highest BCUT2D eigenvalue weighted by Crippen LogP contribution is 2.35. The molecule has 4 rings (SSSR count). The lowest BCUT2D eigenvalue weighted by atomic mass is 10.0. The number of ether oxygens (including phenoxy) is 3. The van der Waals surface area contributed by atoms with Crippen molar-refractivity contribution in [2.75, 3.05) is 34.4 Å². The summed E-state index contributed by atoms with van der Waals surface area (Å²) in [6.45, 7) is 4.91. The van der Waals surface area contributed by atoms with E-state index < -0.39 is 0 Å². The van der Waals surface area contributed by atoms with Gasteiger partial charge < -0.3 is 19.5 Å². The number of hydrogen-bond donors (Lipinski definition) is 1. The summed E-state index contributed by atoms with van der Waals surface area (Å²) in [5.41, 5.74) is 2.04. The monoisotopic (exact) mass is 470 g/mol. The van der Waals surface area contributed by atoms with Crippen molar-refractivity contribution < 1.29 is 19.0 Å². The molecule has 176 valence electrons. The lowest BCUT2D eigenvalue weighted by molar-refractivity contribution is 0.0912. The van der Waals surface area contributed by atoms with Crippen LogP contribution < -0.4 is 14.8 Å². The SMILES string of the molecule is COCc1nc(OC)c2c(C)c(C(=O)NC3CCN(Cc4ccccc4OC)CC3)sc2n1. The molecule has 1 fully saturated rings. The maximum atomic E-state index is 13.1. The van der Waals surface area contributed by atoms with Crippen LogP contribution in [0.2, 0.25) is 0 Å².